The summed E-state index contributed by atoms with van der Waals surface area (Å²) in [5, 5.41) is 9.57. The van der Waals surface area contributed by atoms with Crippen LogP contribution >= 0.6 is 0 Å². The summed E-state index contributed by atoms with van der Waals surface area (Å²) in [7, 11) is 0. The van der Waals surface area contributed by atoms with E-state index in [1.54, 1.807) is 0 Å². The summed E-state index contributed by atoms with van der Waals surface area (Å²) < 4.78 is 0. The Bertz CT molecular complexity index is 187. The molecule has 0 bridgehead atoms. The highest BCUT2D eigenvalue weighted by Crippen LogP contribution is 2.38. The fourth-order valence-electron chi connectivity index (χ4n) is 2.90. The van der Waals surface area contributed by atoms with Crippen LogP contribution in [0.4, 0.5) is 0 Å². The molecule has 1 saturated heterocycles. The second-order valence-corrected chi connectivity index (χ2v) is 5.33. The minimum absolute atomic E-state index is 0.257. The van der Waals surface area contributed by atoms with Crippen molar-refractivity contribution >= 4 is 0 Å². The van der Waals surface area contributed by atoms with Crippen LogP contribution in [0.1, 0.15) is 45.4 Å². The molecule has 2 nitrogen and oxygen atoms in total. The molecular formula is C12H23NO. The van der Waals surface area contributed by atoms with Crippen LogP contribution in [-0.2, 0) is 0 Å². The summed E-state index contributed by atoms with van der Waals surface area (Å²) in [6.07, 6.45) is 7.85. The zero-order valence-corrected chi connectivity index (χ0v) is 9.34. The minimum atomic E-state index is 0.257. The van der Waals surface area contributed by atoms with E-state index in [2.05, 4.69) is 11.8 Å². The number of hydrogen-bond donors (Lipinski definition) is 1. The van der Waals surface area contributed by atoms with Crippen molar-refractivity contribution in [2.24, 2.45) is 5.41 Å². The molecule has 1 saturated carbocycles. The third-order valence-corrected chi connectivity index (χ3v) is 4.25. The number of aliphatic hydroxyl groups excluding tert-OH is 1. The summed E-state index contributed by atoms with van der Waals surface area (Å²) in [6.45, 7) is 5.10. The van der Waals surface area contributed by atoms with E-state index < -0.39 is 0 Å². The Hall–Kier alpha value is -0.0800. The van der Waals surface area contributed by atoms with Crippen molar-refractivity contribution in [2.45, 2.75) is 51.5 Å². The Labute approximate surface area is 87.3 Å². The molecule has 14 heavy (non-hydrogen) atoms. The molecule has 0 aromatic heterocycles. The zero-order valence-electron chi connectivity index (χ0n) is 9.34. The van der Waals surface area contributed by atoms with Crippen molar-refractivity contribution in [3.8, 4) is 0 Å². The van der Waals surface area contributed by atoms with Crippen LogP contribution in [0, 0.1) is 5.41 Å². The topological polar surface area (TPSA) is 23.5 Å². The summed E-state index contributed by atoms with van der Waals surface area (Å²) in [4.78, 5) is 2.54. The summed E-state index contributed by atoms with van der Waals surface area (Å²) >= 11 is 0. The van der Waals surface area contributed by atoms with E-state index in [0.717, 1.165) is 12.6 Å². The SMILES string of the molecule is CC1CCN1CC1(CO)CCCCC1. The van der Waals surface area contributed by atoms with Crippen molar-refractivity contribution in [1.29, 1.82) is 0 Å². The molecule has 1 atom stereocenters. The highest BCUT2D eigenvalue weighted by Gasteiger charge is 2.36. The number of aliphatic hydroxyl groups is 1. The van der Waals surface area contributed by atoms with Crippen LogP contribution in [0.25, 0.3) is 0 Å². The number of likely N-dealkylation sites (tertiary alicyclic amines) is 1. The van der Waals surface area contributed by atoms with E-state index in [0.29, 0.717) is 6.61 Å². The van der Waals surface area contributed by atoms with Crippen molar-refractivity contribution < 1.29 is 5.11 Å². The lowest BCUT2D eigenvalue weighted by Crippen LogP contribution is -2.52. The molecule has 1 heterocycles. The molecule has 2 heteroatoms. The standard InChI is InChI=1S/C12H23NO/c1-11-5-8-13(11)9-12(10-14)6-3-2-4-7-12/h11,14H,2-10H2,1H3. The van der Waals surface area contributed by atoms with Crippen molar-refractivity contribution in [2.75, 3.05) is 19.7 Å². The molecule has 2 rings (SSSR count). The first-order valence-corrected chi connectivity index (χ1v) is 6.11. The first kappa shape index (κ1) is 10.4. The lowest BCUT2D eigenvalue weighted by Gasteiger charge is -2.46. The van der Waals surface area contributed by atoms with Gasteiger partial charge in [-0.1, -0.05) is 19.3 Å². The lowest BCUT2D eigenvalue weighted by atomic mass is 9.73. The second-order valence-electron chi connectivity index (χ2n) is 5.33. The van der Waals surface area contributed by atoms with Gasteiger partial charge in [0, 0.05) is 24.6 Å². The monoisotopic (exact) mass is 197 g/mol. The Morgan fingerprint density at radius 2 is 2.00 bits per heavy atom. The van der Waals surface area contributed by atoms with Gasteiger partial charge >= 0.3 is 0 Å². The van der Waals surface area contributed by atoms with Crippen LogP contribution < -0.4 is 0 Å². The predicted octanol–water partition coefficient (Wildman–Crippen LogP) is 2.02. The van der Waals surface area contributed by atoms with Gasteiger partial charge < -0.3 is 5.11 Å². The average molecular weight is 197 g/mol. The second kappa shape index (κ2) is 4.19. The van der Waals surface area contributed by atoms with E-state index >= 15 is 0 Å². The lowest BCUT2D eigenvalue weighted by molar-refractivity contribution is -0.00560. The van der Waals surface area contributed by atoms with E-state index in [1.165, 1.54) is 45.1 Å². The molecule has 2 aliphatic rings. The Morgan fingerprint density at radius 3 is 2.43 bits per heavy atom. The van der Waals surface area contributed by atoms with Gasteiger partial charge in [0.25, 0.3) is 0 Å². The molecule has 2 fully saturated rings. The summed E-state index contributed by atoms with van der Waals surface area (Å²) in [5.74, 6) is 0. The normalized spacial score (nSPS) is 32.6. The van der Waals surface area contributed by atoms with Gasteiger partial charge in [-0.3, -0.25) is 4.90 Å². The maximum absolute atomic E-state index is 9.57. The molecule has 1 unspecified atom stereocenters. The Balaban J connectivity index is 1.90. The van der Waals surface area contributed by atoms with Crippen molar-refractivity contribution in [1.82, 2.24) is 4.90 Å². The maximum atomic E-state index is 9.57. The molecule has 1 aliphatic carbocycles. The van der Waals surface area contributed by atoms with Gasteiger partial charge in [-0.15, -0.1) is 0 Å². The first-order valence-electron chi connectivity index (χ1n) is 6.11. The van der Waals surface area contributed by atoms with Crippen molar-refractivity contribution in [3.05, 3.63) is 0 Å². The zero-order chi connectivity index (χ0) is 10.0. The van der Waals surface area contributed by atoms with Gasteiger partial charge in [0.15, 0.2) is 0 Å². The molecule has 82 valence electrons. The van der Waals surface area contributed by atoms with Gasteiger partial charge in [0.2, 0.25) is 0 Å². The smallest absolute Gasteiger partial charge is 0.0499 e. The van der Waals surface area contributed by atoms with Crippen LogP contribution in [-0.4, -0.2) is 35.7 Å². The molecule has 1 N–H and O–H groups in total. The number of hydrogen-bond acceptors (Lipinski definition) is 2. The van der Waals surface area contributed by atoms with E-state index in [-0.39, 0.29) is 5.41 Å². The summed E-state index contributed by atoms with van der Waals surface area (Å²) in [6, 6.07) is 0.764. The van der Waals surface area contributed by atoms with Crippen LogP contribution in [0.3, 0.4) is 0 Å². The fraction of sp³-hybridized carbons (Fsp3) is 1.00. The van der Waals surface area contributed by atoms with Gasteiger partial charge in [-0.05, 0) is 32.7 Å². The third-order valence-electron chi connectivity index (χ3n) is 4.25. The highest BCUT2D eigenvalue weighted by molar-refractivity contribution is 4.90. The quantitative estimate of drug-likeness (QED) is 0.748. The largest absolute Gasteiger partial charge is 0.396 e. The first-order chi connectivity index (χ1) is 6.76. The van der Waals surface area contributed by atoms with Crippen LogP contribution in [0.15, 0.2) is 0 Å². The maximum Gasteiger partial charge on any atom is 0.0499 e. The van der Waals surface area contributed by atoms with Gasteiger partial charge in [-0.2, -0.15) is 0 Å². The molecule has 1 aliphatic heterocycles. The Kier molecular flexibility index (Phi) is 3.13. The number of rotatable bonds is 3. The molecule has 0 aromatic rings. The molecular weight excluding hydrogens is 174 g/mol. The van der Waals surface area contributed by atoms with Crippen LogP contribution in [0.5, 0.6) is 0 Å². The van der Waals surface area contributed by atoms with E-state index in [1.807, 2.05) is 0 Å². The van der Waals surface area contributed by atoms with Gasteiger partial charge in [0.1, 0.15) is 0 Å². The van der Waals surface area contributed by atoms with Gasteiger partial charge in [0.05, 0.1) is 0 Å². The van der Waals surface area contributed by atoms with Crippen LogP contribution in [0.2, 0.25) is 0 Å². The Morgan fingerprint density at radius 1 is 1.29 bits per heavy atom. The summed E-state index contributed by atoms with van der Waals surface area (Å²) in [5.41, 5.74) is 0.257. The number of nitrogens with zero attached hydrogens (tertiary/aromatic N) is 1. The van der Waals surface area contributed by atoms with E-state index in [9.17, 15) is 5.11 Å². The van der Waals surface area contributed by atoms with E-state index in [4.69, 9.17) is 0 Å². The van der Waals surface area contributed by atoms with Gasteiger partial charge in [-0.25, -0.2) is 0 Å². The van der Waals surface area contributed by atoms with Crippen molar-refractivity contribution in [3.63, 3.8) is 0 Å². The average Bonchev–Trinajstić information content (AvgIpc) is 2.25. The molecule has 0 spiro atoms. The minimum Gasteiger partial charge on any atom is -0.396 e. The predicted molar refractivity (Wildman–Crippen MR) is 58.3 cm³/mol. The molecule has 0 amide bonds. The molecule has 0 aromatic carbocycles. The third kappa shape index (κ3) is 1.96. The molecule has 0 radical (unpaired) electrons. The highest BCUT2D eigenvalue weighted by atomic mass is 16.3. The fourth-order valence-corrected chi connectivity index (χ4v) is 2.90.